The predicted octanol–water partition coefficient (Wildman–Crippen LogP) is 3.33. The van der Waals surface area contributed by atoms with E-state index in [9.17, 15) is 4.79 Å². The molecule has 0 heterocycles. The Morgan fingerprint density at radius 1 is 1.17 bits per heavy atom. The maximum absolute atomic E-state index is 11.5. The number of carbonyl (C=O) groups excluding carboxylic acids is 1. The first-order valence-corrected chi connectivity index (χ1v) is 6.41. The first-order chi connectivity index (χ1) is 8.56. The lowest BCUT2D eigenvalue weighted by Crippen LogP contribution is -2.16. The van der Waals surface area contributed by atoms with Gasteiger partial charge in [-0.3, -0.25) is 0 Å². The molecule has 100 valence electrons. The average molecular weight is 250 g/mol. The van der Waals surface area contributed by atoms with Gasteiger partial charge in [0.1, 0.15) is 5.75 Å². The van der Waals surface area contributed by atoms with Crippen LogP contribution < -0.4 is 4.74 Å². The molecule has 0 aliphatic heterocycles. The maximum atomic E-state index is 11.5. The van der Waals surface area contributed by atoms with Crippen molar-refractivity contribution in [3.8, 4) is 5.75 Å². The Bertz CT molecular complexity index is 410. The highest BCUT2D eigenvalue weighted by molar-refractivity contribution is 5.71. The van der Waals surface area contributed by atoms with Crippen molar-refractivity contribution < 1.29 is 14.3 Å². The van der Waals surface area contributed by atoms with Crippen LogP contribution in [0.5, 0.6) is 5.75 Å². The maximum Gasteiger partial charge on any atom is 0.344 e. The summed E-state index contributed by atoms with van der Waals surface area (Å²) in [5.74, 6) is 0.492. The summed E-state index contributed by atoms with van der Waals surface area (Å²) in [6, 6.07) is 4.05. The van der Waals surface area contributed by atoms with Crippen molar-refractivity contribution in [2.75, 3.05) is 13.2 Å². The van der Waals surface area contributed by atoms with Gasteiger partial charge in [-0.2, -0.15) is 0 Å². The highest BCUT2D eigenvalue weighted by atomic mass is 16.6. The van der Waals surface area contributed by atoms with Crippen LogP contribution in [-0.4, -0.2) is 19.2 Å². The molecule has 1 aromatic carbocycles. The highest BCUT2D eigenvalue weighted by Crippen LogP contribution is 2.25. The van der Waals surface area contributed by atoms with Gasteiger partial charge in [-0.1, -0.05) is 25.5 Å². The Labute approximate surface area is 109 Å². The van der Waals surface area contributed by atoms with Crippen LogP contribution in [0.2, 0.25) is 0 Å². The second kappa shape index (κ2) is 7.04. The van der Waals surface area contributed by atoms with Gasteiger partial charge in [0.25, 0.3) is 0 Å². The van der Waals surface area contributed by atoms with Crippen molar-refractivity contribution in [2.24, 2.45) is 0 Å². The predicted molar refractivity (Wildman–Crippen MR) is 72.0 cm³/mol. The van der Waals surface area contributed by atoms with E-state index in [1.165, 1.54) is 0 Å². The van der Waals surface area contributed by atoms with Crippen LogP contribution in [0.3, 0.4) is 0 Å². The number of esters is 1. The number of rotatable bonds is 6. The van der Waals surface area contributed by atoms with Crippen LogP contribution in [0.4, 0.5) is 0 Å². The molecule has 1 rings (SSSR count). The van der Waals surface area contributed by atoms with Crippen LogP contribution in [-0.2, 0) is 9.53 Å². The van der Waals surface area contributed by atoms with Crippen molar-refractivity contribution in [3.05, 3.63) is 28.8 Å². The summed E-state index contributed by atoms with van der Waals surface area (Å²) in [6.45, 7) is 8.52. The summed E-state index contributed by atoms with van der Waals surface area (Å²) in [7, 11) is 0. The molecule has 0 aliphatic rings. The van der Waals surface area contributed by atoms with E-state index in [2.05, 4.69) is 13.0 Å². The number of benzene rings is 1. The molecule has 0 amide bonds. The van der Waals surface area contributed by atoms with Gasteiger partial charge in [-0.25, -0.2) is 4.79 Å². The lowest BCUT2D eigenvalue weighted by atomic mass is 10.1. The summed E-state index contributed by atoms with van der Waals surface area (Å²) < 4.78 is 10.6. The minimum absolute atomic E-state index is 0.0190. The van der Waals surface area contributed by atoms with Gasteiger partial charge in [0.15, 0.2) is 6.61 Å². The Morgan fingerprint density at radius 2 is 1.83 bits per heavy atom. The Balaban J connectivity index is 2.53. The largest absolute Gasteiger partial charge is 0.481 e. The molecule has 0 fully saturated rings. The molecule has 18 heavy (non-hydrogen) atoms. The molecular weight excluding hydrogens is 228 g/mol. The quantitative estimate of drug-likeness (QED) is 0.574. The molecule has 0 saturated heterocycles. The SMILES string of the molecule is CCCCOC(=O)COc1c(C)ccc(C)c1C. The molecule has 0 unspecified atom stereocenters. The first-order valence-electron chi connectivity index (χ1n) is 6.41. The van der Waals surface area contributed by atoms with Crippen molar-refractivity contribution in [2.45, 2.75) is 40.5 Å². The Hall–Kier alpha value is -1.51. The zero-order valence-electron chi connectivity index (χ0n) is 11.7. The van der Waals surface area contributed by atoms with Gasteiger partial charge < -0.3 is 9.47 Å². The van der Waals surface area contributed by atoms with E-state index >= 15 is 0 Å². The van der Waals surface area contributed by atoms with Gasteiger partial charge in [0.2, 0.25) is 0 Å². The van der Waals surface area contributed by atoms with E-state index in [0.717, 1.165) is 35.3 Å². The number of aryl methyl sites for hydroxylation is 2. The zero-order chi connectivity index (χ0) is 13.5. The van der Waals surface area contributed by atoms with Crippen molar-refractivity contribution in [1.29, 1.82) is 0 Å². The van der Waals surface area contributed by atoms with Gasteiger partial charge >= 0.3 is 5.97 Å². The zero-order valence-corrected chi connectivity index (χ0v) is 11.7. The summed E-state index contributed by atoms with van der Waals surface area (Å²) in [4.78, 5) is 11.5. The lowest BCUT2D eigenvalue weighted by Gasteiger charge is -2.13. The molecule has 1 aromatic rings. The molecule has 3 heteroatoms. The third-order valence-electron chi connectivity index (χ3n) is 2.97. The van der Waals surface area contributed by atoms with Gasteiger partial charge in [-0.15, -0.1) is 0 Å². The third-order valence-corrected chi connectivity index (χ3v) is 2.97. The summed E-state index contributed by atoms with van der Waals surface area (Å²) in [5.41, 5.74) is 3.28. The van der Waals surface area contributed by atoms with Crippen molar-refractivity contribution in [3.63, 3.8) is 0 Å². The van der Waals surface area contributed by atoms with Gasteiger partial charge in [0, 0.05) is 0 Å². The van der Waals surface area contributed by atoms with E-state index in [1.54, 1.807) is 0 Å². The topological polar surface area (TPSA) is 35.5 Å². The Morgan fingerprint density at radius 3 is 2.50 bits per heavy atom. The number of carbonyl (C=O) groups is 1. The van der Waals surface area contributed by atoms with Crippen LogP contribution in [0, 0.1) is 20.8 Å². The molecule has 0 N–H and O–H groups in total. The number of hydrogen-bond acceptors (Lipinski definition) is 3. The molecule has 0 aliphatic carbocycles. The fourth-order valence-corrected chi connectivity index (χ4v) is 1.65. The van der Waals surface area contributed by atoms with Gasteiger partial charge in [-0.05, 0) is 43.9 Å². The summed E-state index contributed by atoms with van der Waals surface area (Å²) in [6.07, 6.45) is 1.92. The summed E-state index contributed by atoms with van der Waals surface area (Å²) in [5, 5.41) is 0. The van der Waals surface area contributed by atoms with Crippen molar-refractivity contribution >= 4 is 5.97 Å². The second-order valence-electron chi connectivity index (χ2n) is 4.52. The standard InChI is InChI=1S/C15H22O3/c1-5-6-9-17-14(16)10-18-15-12(3)8-7-11(2)13(15)4/h7-8H,5-6,9-10H2,1-4H3. The van der Waals surface area contributed by atoms with Crippen LogP contribution in [0.1, 0.15) is 36.5 Å². The van der Waals surface area contributed by atoms with Crippen LogP contribution in [0.15, 0.2) is 12.1 Å². The molecule has 0 atom stereocenters. The molecule has 0 spiro atoms. The molecule has 0 radical (unpaired) electrons. The van der Waals surface area contributed by atoms with E-state index in [4.69, 9.17) is 9.47 Å². The monoisotopic (exact) mass is 250 g/mol. The fourth-order valence-electron chi connectivity index (χ4n) is 1.65. The minimum Gasteiger partial charge on any atom is -0.481 e. The number of hydrogen-bond donors (Lipinski definition) is 0. The van der Waals surface area contributed by atoms with Crippen LogP contribution >= 0.6 is 0 Å². The molecule has 0 aromatic heterocycles. The third kappa shape index (κ3) is 4.06. The van der Waals surface area contributed by atoms with E-state index < -0.39 is 0 Å². The van der Waals surface area contributed by atoms with E-state index in [-0.39, 0.29) is 12.6 Å². The average Bonchev–Trinajstić information content (AvgIpc) is 2.34. The van der Waals surface area contributed by atoms with E-state index in [0.29, 0.717) is 6.61 Å². The highest BCUT2D eigenvalue weighted by Gasteiger charge is 2.09. The molecular formula is C15H22O3. The fraction of sp³-hybridized carbons (Fsp3) is 0.533. The van der Waals surface area contributed by atoms with Crippen LogP contribution in [0.25, 0.3) is 0 Å². The first kappa shape index (κ1) is 14.6. The van der Waals surface area contributed by atoms with E-state index in [1.807, 2.05) is 26.8 Å². The Kier molecular flexibility index (Phi) is 5.69. The minimum atomic E-state index is -0.302. The lowest BCUT2D eigenvalue weighted by molar-refractivity contribution is -0.146. The molecule has 0 saturated carbocycles. The summed E-state index contributed by atoms with van der Waals surface area (Å²) >= 11 is 0. The number of ether oxygens (including phenoxy) is 2. The molecule has 3 nitrogen and oxygen atoms in total. The molecule has 0 bridgehead atoms. The van der Waals surface area contributed by atoms with Crippen molar-refractivity contribution in [1.82, 2.24) is 0 Å². The smallest absolute Gasteiger partial charge is 0.344 e. The normalized spacial score (nSPS) is 10.2. The number of unbranched alkanes of at least 4 members (excludes halogenated alkanes) is 1. The van der Waals surface area contributed by atoms with Gasteiger partial charge in [0.05, 0.1) is 6.61 Å². The second-order valence-corrected chi connectivity index (χ2v) is 4.52.